The van der Waals surface area contributed by atoms with Crippen molar-refractivity contribution in [3.05, 3.63) is 64.7 Å². The zero-order valence-electron chi connectivity index (χ0n) is 11.9. The van der Waals surface area contributed by atoms with Crippen LogP contribution in [0.15, 0.2) is 42.5 Å². The summed E-state index contributed by atoms with van der Waals surface area (Å²) >= 11 is 0. The van der Waals surface area contributed by atoms with E-state index in [0.29, 0.717) is 5.56 Å². The average Bonchev–Trinajstić information content (AvgIpc) is 2.84. The van der Waals surface area contributed by atoms with Crippen molar-refractivity contribution in [3.8, 4) is 5.75 Å². The molecule has 22 heavy (non-hydrogen) atoms. The molecule has 1 aliphatic rings. The first-order valence-electron chi connectivity index (χ1n) is 6.74. The maximum atomic E-state index is 11.4. The van der Waals surface area contributed by atoms with Gasteiger partial charge in [-0.15, -0.1) is 0 Å². The number of fused-ring (bicyclic) bond motifs is 1. The van der Waals surface area contributed by atoms with E-state index in [4.69, 9.17) is 10.5 Å². The highest BCUT2D eigenvalue weighted by Gasteiger charge is 2.26. The smallest absolute Gasteiger partial charge is 0.341 e. The zero-order valence-corrected chi connectivity index (χ0v) is 11.9. The minimum absolute atomic E-state index is 0.0697. The van der Waals surface area contributed by atoms with Gasteiger partial charge in [0.1, 0.15) is 11.3 Å². The van der Waals surface area contributed by atoms with Gasteiger partial charge in [-0.1, -0.05) is 24.3 Å². The maximum Gasteiger partial charge on any atom is 0.341 e. The first-order valence-corrected chi connectivity index (χ1v) is 6.74. The number of hydrogen-bond acceptors (Lipinski definition) is 4. The molecule has 5 nitrogen and oxygen atoms in total. The van der Waals surface area contributed by atoms with Gasteiger partial charge in [0, 0.05) is 5.56 Å². The fourth-order valence-electron chi connectivity index (χ4n) is 2.80. The van der Waals surface area contributed by atoms with Gasteiger partial charge >= 0.3 is 5.97 Å². The van der Waals surface area contributed by atoms with Crippen LogP contribution in [0.3, 0.4) is 0 Å². The summed E-state index contributed by atoms with van der Waals surface area (Å²) < 4.78 is 5.07. The number of hydrogen-bond donors (Lipinski definition) is 3. The summed E-state index contributed by atoms with van der Waals surface area (Å²) in [5, 5.41) is 19.5. The summed E-state index contributed by atoms with van der Waals surface area (Å²) in [6.45, 7) is 0. The monoisotopic (exact) mass is 297 g/mol. The van der Waals surface area contributed by atoms with Gasteiger partial charge in [0.15, 0.2) is 0 Å². The Morgan fingerprint density at radius 1 is 1.18 bits per heavy atom. The van der Waals surface area contributed by atoms with Crippen molar-refractivity contribution in [1.82, 2.24) is 0 Å². The Labute approximate surface area is 127 Å². The lowest BCUT2D eigenvalue weighted by Crippen LogP contribution is -2.08. The third-order valence-electron chi connectivity index (χ3n) is 3.83. The molecule has 0 spiro atoms. The molecule has 1 unspecified atom stereocenters. The normalized spacial score (nSPS) is 16.1. The number of aliphatic hydroxyl groups excluding tert-OH is 1. The van der Waals surface area contributed by atoms with E-state index >= 15 is 0 Å². The second kappa shape index (κ2) is 5.20. The van der Waals surface area contributed by atoms with Gasteiger partial charge in [-0.05, 0) is 34.9 Å². The molecule has 5 heteroatoms. The van der Waals surface area contributed by atoms with E-state index in [9.17, 15) is 15.0 Å². The van der Waals surface area contributed by atoms with Crippen molar-refractivity contribution >= 4 is 17.2 Å². The van der Waals surface area contributed by atoms with Gasteiger partial charge in [-0.3, -0.25) is 0 Å². The Kier molecular flexibility index (Phi) is 3.35. The number of ether oxygens (including phenoxy) is 1. The number of rotatable bonds is 3. The van der Waals surface area contributed by atoms with E-state index in [0.717, 1.165) is 16.7 Å². The van der Waals surface area contributed by atoms with E-state index in [1.807, 2.05) is 24.3 Å². The number of nitrogen functional groups attached to an aromatic ring is 1. The van der Waals surface area contributed by atoms with Crippen LogP contribution in [0.4, 0.5) is 5.69 Å². The Bertz CT molecular complexity index is 795. The van der Waals surface area contributed by atoms with Crippen molar-refractivity contribution in [2.45, 2.75) is 6.10 Å². The molecule has 2 aromatic rings. The Morgan fingerprint density at radius 3 is 2.59 bits per heavy atom. The van der Waals surface area contributed by atoms with Crippen molar-refractivity contribution in [3.63, 3.8) is 0 Å². The summed E-state index contributed by atoms with van der Waals surface area (Å²) in [7, 11) is 1.40. The lowest BCUT2D eigenvalue weighted by Gasteiger charge is -2.14. The quantitative estimate of drug-likeness (QED) is 0.757. The van der Waals surface area contributed by atoms with Gasteiger partial charge in [-0.2, -0.15) is 0 Å². The number of aromatic carboxylic acids is 1. The van der Waals surface area contributed by atoms with E-state index in [1.54, 1.807) is 18.2 Å². The van der Waals surface area contributed by atoms with E-state index in [2.05, 4.69) is 0 Å². The van der Waals surface area contributed by atoms with Crippen LogP contribution in [-0.4, -0.2) is 23.3 Å². The molecule has 0 bridgehead atoms. The van der Waals surface area contributed by atoms with E-state index < -0.39 is 12.1 Å². The molecule has 0 saturated heterocycles. The molecule has 112 valence electrons. The Hall–Kier alpha value is -2.79. The number of carboxylic acid groups (broad SMARTS) is 1. The second-order valence-corrected chi connectivity index (χ2v) is 5.02. The van der Waals surface area contributed by atoms with Gasteiger partial charge in [0.2, 0.25) is 0 Å². The topological polar surface area (TPSA) is 92.8 Å². The van der Waals surface area contributed by atoms with Crippen LogP contribution >= 0.6 is 0 Å². The number of carboxylic acids is 1. The summed E-state index contributed by atoms with van der Waals surface area (Å²) in [6.07, 6.45) is 0.954. The lowest BCUT2D eigenvalue weighted by atomic mass is 9.95. The molecule has 3 rings (SSSR count). The van der Waals surface area contributed by atoms with Crippen LogP contribution < -0.4 is 10.5 Å². The number of methoxy groups -OCH3 is 1. The highest BCUT2D eigenvalue weighted by atomic mass is 16.5. The molecule has 4 N–H and O–H groups in total. The molecule has 1 aliphatic carbocycles. The largest absolute Gasteiger partial charge is 0.496 e. The first-order chi connectivity index (χ1) is 10.5. The number of carbonyl (C=O) groups is 1. The summed E-state index contributed by atoms with van der Waals surface area (Å²) in [6, 6.07) is 10.7. The Morgan fingerprint density at radius 2 is 1.91 bits per heavy atom. The van der Waals surface area contributed by atoms with Gasteiger partial charge < -0.3 is 20.7 Å². The SMILES string of the molecule is COc1ccc(C2=CC(O)c3ccccc32)c(N)c1C(=O)O. The molecular formula is C17H15NO4. The van der Waals surface area contributed by atoms with Crippen LogP contribution in [0, 0.1) is 0 Å². The zero-order chi connectivity index (χ0) is 15.9. The highest BCUT2D eigenvalue weighted by Crippen LogP contribution is 2.42. The lowest BCUT2D eigenvalue weighted by molar-refractivity contribution is 0.0694. The highest BCUT2D eigenvalue weighted by molar-refractivity contribution is 6.02. The fraction of sp³-hybridized carbons (Fsp3) is 0.118. The minimum Gasteiger partial charge on any atom is -0.496 e. The van der Waals surface area contributed by atoms with Gasteiger partial charge in [-0.25, -0.2) is 4.79 Å². The van der Waals surface area contributed by atoms with Crippen LogP contribution in [0.25, 0.3) is 5.57 Å². The molecule has 0 aromatic heterocycles. The number of aliphatic hydroxyl groups is 1. The molecule has 0 amide bonds. The predicted octanol–water partition coefficient (Wildman–Crippen LogP) is 2.45. The van der Waals surface area contributed by atoms with Crippen molar-refractivity contribution < 1.29 is 19.7 Å². The fourth-order valence-corrected chi connectivity index (χ4v) is 2.80. The molecular weight excluding hydrogens is 282 g/mol. The first kappa shape index (κ1) is 14.2. The maximum absolute atomic E-state index is 11.4. The number of benzene rings is 2. The Balaban J connectivity index is 2.21. The molecule has 0 aliphatic heterocycles. The standard InChI is InChI=1S/C17H15NO4/c1-22-14-7-6-11(16(18)15(14)17(20)21)12-8-13(19)10-5-3-2-4-9(10)12/h2-8,13,19H,18H2,1H3,(H,20,21). The third kappa shape index (κ3) is 2.03. The average molecular weight is 297 g/mol. The van der Waals surface area contributed by atoms with E-state index in [1.165, 1.54) is 7.11 Å². The molecule has 0 heterocycles. The molecule has 0 radical (unpaired) electrons. The molecule has 1 atom stereocenters. The van der Waals surface area contributed by atoms with Gasteiger partial charge in [0.05, 0.1) is 18.9 Å². The predicted molar refractivity (Wildman–Crippen MR) is 82.8 cm³/mol. The van der Waals surface area contributed by atoms with Crippen molar-refractivity contribution in [1.29, 1.82) is 0 Å². The number of nitrogens with two attached hydrogens (primary N) is 1. The number of anilines is 1. The van der Waals surface area contributed by atoms with Crippen molar-refractivity contribution in [2.24, 2.45) is 0 Å². The summed E-state index contributed by atoms with van der Waals surface area (Å²) in [4.78, 5) is 11.4. The molecule has 0 fully saturated rings. The third-order valence-corrected chi connectivity index (χ3v) is 3.83. The van der Waals surface area contributed by atoms with Crippen LogP contribution in [0.5, 0.6) is 5.75 Å². The second-order valence-electron chi connectivity index (χ2n) is 5.02. The van der Waals surface area contributed by atoms with E-state index in [-0.39, 0.29) is 17.0 Å². The summed E-state index contributed by atoms with van der Waals surface area (Å²) in [5.41, 5.74) is 9.05. The molecule has 2 aromatic carbocycles. The van der Waals surface area contributed by atoms with Crippen LogP contribution in [0.1, 0.15) is 33.2 Å². The van der Waals surface area contributed by atoms with Crippen LogP contribution in [-0.2, 0) is 0 Å². The molecule has 0 saturated carbocycles. The van der Waals surface area contributed by atoms with Crippen molar-refractivity contribution in [2.75, 3.05) is 12.8 Å². The summed E-state index contributed by atoms with van der Waals surface area (Å²) in [5.74, 6) is -0.940. The van der Waals surface area contributed by atoms with Crippen LogP contribution in [0.2, 0.25) is 0 Å². The minimum atomic E-state index is -1.15. The van der Waals surface area contributed by atoms with Gasteiger partial charge in [0.25, 0.3) is 0 Å².